The highest BCUT2D eigenvalue weighted by Crippen LogP contribution is 1.61. The smallest absolute Gasteiger partial charge is 0.0774 e. The molecular weight excluding hydrogens is 64.0 g/mol. The lowest BCUT2D eigenvalue weighted by Gasteiger charge is -1.64. The van der Waals surface area contributed by atoms with Crippen molar-refractivity contribution in [1.82, 2.24) is 0 Å². The van der Waals surface area contributed by atoms with Crippen LogP contribution in [0.2, 0.25) is 0 Å². The van der Waals surface area contributed by atoms with Gasteiger partial charge in [-0.25, -0.2) is 5.53 Å². The molecule has 0 unspecified atom stereocenters. The summed E-state index contributed by atoms with van der Waals surface area (Å²) in [7, 11) is 0. The number of nitrogens with one attached hydrogen (secondary N) is 1. The van der Waals surface area contributed by atoms with Gasteiger partial charge >= 0.3 is 0 Å². The van der Waals surface area contributed by atoms with E-state index in [0.29, 0.717) is 6.54 Å². The summed E-state index contributed by atoms with van der Waals surface area (Å²) in [5, 5.41) is 2.99. The maximum atomic E-state index is 6.16. The van der Waals surface area contributed by atoms with Crippen LogP contribution in [0.5, 0.6) is 0 Å². The Morgan fingerprint density at radius 2 is 2.60 bits per heavy atom. The van der Waals surface area contributed by atoms with E-state index in [9.17, 15) is 0 Å². The zero-order valence-corrected chi connectivity index (χ0v) is 2.94. The lowest BCUT2D eigenvalue weighted by atomic mass is 10.7. The monoisotopic (exact) mass is 70.1 g/mol. The Kier molecular flexibility index (Phi) is 2.90. The average molecular weight is 70.1 g/mol. The SMILES string of the molecule is C=CCN=N. The largest absolute Gasteiger partial charge is 0.210 e. The second-order valence-electron chi connectivity index (χ2n) is 0.629. The molecule has 0 aliphatic carbocycles. The minimum Gasteiger partial charge on any atom is -0.210 e. The van der Waals surface area contributed by atoms with Crippen molar-refractivity contribution in [3.8, 4) is 0 Å². The van der Waals surface area contributed by atoms with Gasteiger partial charge < -0.3 is 0 Å². The van der Waals surface area contributed by atoms with Crippen LogP contribution >= 0.6 is 0 Å². The van der Waals surface area contributed by atoms with Crippen LogP contribution in [-0.2, 0) is 0 Å². The molecule has 0 aromatic carbocycles. The van der Waals surface area contributed by atoms with Gasteiger partial charge in [0, 0.05) is 0 Å². The zero-order valence-electron chi connectivity index (χ0n) is 2.94. The lowest BCUT2D eigenvalue weighted by molar-refractivity contribution is 1.00. The van der Waals surface area contributed by atoms with Gasteiger partial charge in [-0.1, -0.05) is 6.08 Å². The molecule has 0 saturated carbocycles. The summed E-state index contributed by atoms with van der Waals surface area (Å²) in [6.07, 6.45) is 1.58. The molecule has 2 heteroatoms. The van der Waals surface area contributed by atoms with E-state index in [4.69, 9.17) is 5.53 Å². The van der Waals surface area contributed by atoms with Crippen LogP contribution in [-0.4, -0.2) is 6.54 Å². The molecule has 0 aromatic heterocycles. The van der Waals surface area contributed by atoms with E-state index in [1.807, 2.05) is 0 Å². The van der Waals surface area contributed by atoms with E-state index in [1.165, 1.54) is 0 Å². The molecule has 0 bridgehead atoms. The molecule has 0 atom stereocenters. The fourth-order valence-corrected chi connectivity index (χ4v) is 0.0645. The van der Waals surface area contributed by atoms with Gasteiger partial charge in [0.2, 0.25) is 0 Å². The van der Waals surface area contributed by atoms with Crippen LogP contribution in [0.15, 0.2) is 17.8 Å². The van der Waals surface area contributed by atoms with Gasteiger partial charge in [-0.2, -0.15) is 5.11 Å². The predicted octanol–water partition coefficient (Wildman–Crippen LogP) is 1.20. The molecule has 0 fully saturated rings. The number of hydrogen-bond acceptors (Lipinski definition) is 2. The first-order valence-electron chi connectivity index (χ1n) is 1.36. The van der Waals surface area contributed by atoms with E-state index >= 15 is 0 Å². The van der Waals surface area contributed by atoms with Crippen molar-refractivity contribution in [3.63, 3.8) is 0 Å². The van der Waals surface area contributed by atoms with Crippen molar-refractivity contribution >= 4 is 0 Å². The Hall–Kier alpha value is -0.660. The van der Waals surface area contributed by atoms with Gasteiger partial charge in [-0.3, -0.25) is 0 Å². The molecular formula is C3H6N2. The highest BCUT2D eigenvalue weighted by Gasteiger charge is 1.54. The summed E-state index contributed by atoms with van der Waals surface area (Å²) < 4.78 is 0. The van der Waals surface area contributed by atoms with Gasteiger partial charge in [-0.05, 0) is 0 Å². The molecule has 0 aliphatic rings. The zero-order chi connectivity index (χ0) is 4.12. The molecule has 0 aromatic rings. The van der Waals surface area contributed by atoms with E-state index in [1.54, 1.807) is 6.08 Å². The molecule has 28 valence electrons. The maximum absolute atomic E-state index is 6.16. The molecule has 5 heavy (non-hydrogen) atoms. The summed E-state index contributed by atoms with van der Waals surface area (Å²) in [5.74, 6) is 0. The van der Waals surface area contributed by atoms with E-state index in [-0.39, 0.29) is 0 Å². The van der Waals surface area contributed by atoms with Gasteiger partial charge in [0.15, 0.2) is 0 Å². The third-order valence-corrected chi connectivity index (χ3v) is 0.220. The first kappa shape index (κ1) is 4.34. The second-order valence-corrected chi connectivity index (χ2v) is 0.629. The standard InChI is InChI=1S/C3H6N2/c1-2-3-5-4/h2,4H,1,3H2. The number of rotatable bonds is 2. The first-order valence-corrected chi connectivity index (χ1v) is 1.36. The summed E-state index contributed by atoms with van der Waals surface area (Å²) in [6.45, 7) is 3.78. The van der Waals surface area contributed by atoms with Crippen molar-refractivity contribution in [2.24, 2.45) is 5.11 Å². The third-order valence-electron chi connectivity index (χ3n) is 0.220. The van der Waals surface area contributed by atoms with Crippen LogP contribution in [0.3, 0.4) is 0 Å². The summed E-state index contributed by atoms with van der Waals surface area (Å²) in [5.41, 5.74) is 6.16. The molecule has 0 rings (SSSR count). The van der Waals surface area contributed by atoms with Crippen LogP contribution < -0.4 is 0 Å². The fourth-order valence-electron chi connectivity index (χ4n) is 0.0645. The van der Waals surface area contributed by atoms with Crippen molar-refractivity contribution in [2.45, 2.75) is 0 Å². The number of nitrogens with zero attached hydrogens (tertiary/aromatic N) is 1. The average Bonchev–Trinajstić information content (AvgIpc) is 1.41. The molecule has 0 spiro atoms. The van der Waals surface area contributed by atoms with E-state index in [2.05, 4.69) is 11.7 Å². The van der Waals surface area contributed by atoms with Crippen molar-refractivity contribution in [3.05, 3.63) is 12.7 Å². The Labute approximate surface area is 31.0 Å². The second kappa shape index (κ2) is 3.34. The van der Waals surface area contributed by atoms with Gasteiger partial charge in [-0.15, -0.1) is 6.58 Å². The topological polar surface area (TPSA) is 36.2 Å². The van der Waals surface area contributed by atoms with Crippen LogP contribution in [0, 0.1) is 5.53 Å². The van der Waals surface area contributed by atoms with Crippen LogP contribution in [0.25, 0.3) is 0 Å². The van der Waals surface area contributed by atoms with Gasteiger partial charge in [0.05, 0.1) is 6.54 Å². The number of hydrogen-bond donors (Lipinski definition) is 1. The minimum atomic E-state index is 0.444. The molecule has 0 heterocycles. The molecule has 0 amide bonds. The quantitative estimate of drug-likeness (QED) is 0.374. The third kappa shape index (κ3) is 3.34. The highest BCUT2D eigenvalue weighted by molar-refractivity contribution is 4.66. The Morgan fingerprint density at radius 3 is 2.60 bits per heavy atom. The normalized spacial score (nSPS) is 6.40. The summed E-state index contributed by atoms with van der Waals surface area (Å²) in [4.78, 5) is 0. The molecule has 1 N–H and O–H groups in total. The maximum Gasteiger partial charge on any atom is 0.0774 e. The van der Waals surface area contributed by atoms with Crippen molar-refractivity contribution in [2.75, 3.05) is 6.54 Å². The van der Waals surface area contributed by atoms with Gasteiger partial charge in [0.25, 0.3) is 0 Å². The van der Waals surface area contributed by atoms with E-state index < -0.39 is 0 Å². The molecule has 2 nitrogen and oxygen atoms in total. The Morgan fingerprint density at radius 1 is 2.00 bits per heavy atom. The molecule has 0 saturated heterocycles. The van der Waals surface area contributed by atoms with E-state index in [0.717, 1.165) is 0 Å². The highest BCUT2D eigenvalue weighted by atomic mass is 14.9. The van der Waals surface area contributed by atoms with Crippen molar-refractivity contribution in [1.29, 1.82) is 5.53 Å². The first-order chi connectivity index (χ1) is 2.41. The fraction of sp³-hybridized carbons (Fsp3) is 0.333. The molecule has 0 radical (unpaired) electrons. The Balaban J connectivity index is 2.65. The van der Waals surface area contributed by atoms with Crippen LogP contribution in [0.1, 0.15) is 0 Å². The van der Waals surface area contributed by atoms with Gasteiger partial charge in [0.1, 0.15) is 0 Å². The Bertz CT molecular complexity index is 34.2. The van der Waals surface area contributed by atoms with Crippen LogP contribution in [0.4, 0.5) is 0 Å². The van der Waals surface area contributed by atoms with Crippen molar-refractivity contribution < 1.29 is 0 Å². The summed E-state index contributed by atoms with van der Waals surface area (Å²) in [6, 6.07) is 0. The summed E-state index contributed by atoms with van der Waals surface area (Å²) >= 11 is 0. The lowest BCUT2D eigenvalue weighted by Crippen LogP contribution is -1.58. The predicted molar refractivity (Wildman–Crippen MR) is 20.2 cm³/mol. The minimum absolute atomic E-state index is 0.444. The molecule has 0 aliphatic heterocycles.